The monoisotopic (exact) mass is 344 g/mol. The van der Waals surface area contributed by atoms with Gasteiger partial charge >= 0.3 is 0 Å². The molecule has 0 fully saturated rings. The number of methoxy groups -OCH3 is 1. The molecule has 0 bridgehead atoms. The molecular formula is C17H26F2O3Si. The van der Waals surface area contributed by atoms with E-state index in [2.05, 4.69) is 33.9 Å². The van der Waals surface area contributed by atoms with Gasteiger partial charge in [0.25, 0.3) is 6.43 Å². The van der Waals surface area contributed by atoms with Crippen molar-refractivity contribution in [3.63, 3.8) is 0 Å². The number of benzene rings is 1. The van der Waals surface area contributed by atoms with Gasteiger partial charge in [-0.1, -0.05) is 20.8 Å². The number of rotatable bonds is 7. The lowest BCUT2D eigenvalue weighted by Crippen LogP contribution is -2.41. The van der Waals surface area contributed by atoms with Crippen LogP contribution in [0.5, 0.6) is 5.75 Å². The predicted octanol–water partition coefficient (Wildman–Crippen LogP) is 5.23. The minimum atomic E-state index is -2.68. The van der Waals surface area contributed by atoms with Crippen LogP contribution in [0.4, 0.5) is 8.78 Å². The Balaban J connectivity index is 2.74. The first-order chi connectivity index (χ1) is 10.5. The Kier molecular flexibility index (Phi) is 6.47. The molecule has 3 nitrogen and oxygen atoms in total. The highest BCUT2D eigenvalue weighted by Gasteiger charge is 2.37. The van der Waals surface area contributed by atoms with Crippen molar-refractivity contribution < 1.29 is 22.7 Å². The molecule has 0 aliphatic rings. The normalized spacial score (nSPS) is 12.6. The second-order valence-corrected chi connectivity index (χ2v) is 11.8. The van der Waals surface area contributed by atoms with Crippen molar-refractivity contribution in [2.45, 2.75) is 51.7 Å². The average molecular weight is 344 g/mol. The van der Waals surface area contributed by atoms with Crippen LogP contribution in [0.1, 0.15) is 49.5 Å². The molecule has 0 aromatic heterocycles. The second-order valence-electron chi connectivity index (χ2n) is 7.04. The van der Waals surface area contributed by atoms with Crippen molar-refractivity contribution in [2.24, 2.45) is 0 Å². The van der Waals surface area contributed by atoms with E-state index in [0.717, 1.165) is 0 Å². The van der Waals surface area contributed by atoms with Crippen LogP contribution in [0.3, 0.4) is 0 Å². The molecule has 1 rings (SSSR count). The third-order valence-electron chi connectivity index (χ3n) is 4.38. The molecule has 0 radical (unpaired) electrons. The lowest BCUT2D eigenvalue weighted by molar-refractivity contribution is 0.0958. The maximum atomic E-state index is 13.0. The molecule has 0 saturated heterocycles. The summed E-state index contributed by atoms with van der Waals surface area (Å²) in [5.74, 6) is -0.109. The fraction of sp³-hybridized carbons (Fsp3) is 0.588. The highest BCUT2D eigenvalue weighted by atomic mass is 28.4. The van der Waals surface area contributed by atoms with Gasteiger partial charge in [-0.15, -0.1) is 0 Å². The fourth-order valence-corrected chi connectivity index (χ4v) is 2.88. The molecule has 0 unspecified atom stereocenters. The molecular weight excluding hydrogens is 318 g/mol. The molecule has 0 aliphatic carbocycles. The van der Waals surface area contributed by atoms with Crippen molar-refractivity contribution >= 4 is 14.1 Å². The van der Waals surface area contributed by atoms with E-state index in [1.54, 1.807) is 0 Å². The molecule has 0 saturated carbocycles. The summed E-state index contributed by atoms with van der Waals surface area (Å²) in [6, 6.07) is 4.13. The van der Waals surface area contributed by atoms with Gasteiger partial charge in [-0.25, -0.2) is 8.78 Å². The summed E-state index contributed by atoms with van der Waals surface area (Å²) >= 11 is 0. The molecule has 1 aromatic carbocycles. The van der Waals surface area contributed by atoms with E-state index in [-0.39, 0.29) is 34.1 Å². The van der Waals surface area contributed by atoms with Crippen molar-refractivity contribution in [3.8, 4) is 5.75 Å². The summed E-state index contributed by atoms with van der Waals surface area (Å²) in [5.41, 5.74) is 0.00333. The molecule has 0 aliphatic heterocycles. The zero-order valence-corrected chi connectivity index (χ0v) is 15.7. The molecule has 6 heteroatoms. The van der Waals surface area contributed by atoms with Gasteiger partial charge in [-0.2, -0.15) is 0 Å². The Morgan fingerprint density at radius 2 is 1.87 bits per heavy atom. The summed E-state index contributed by atoms with van der Waals surface area (Å²) in [6.07, 6.45) is -2.50. The number of ketones is 1. The van der Waals surface area contributed by atoms with Gasteiger partial charge in [0, 0.05) is 18.6 Å². The van der Waals surface area contributed by atoms with Crippen LogP contribution in [-0.4, -0.2) is 27.8 Å². The number of alkyl halides is 2. The summed E-state index contributed by atoms with van der Waals surface area (Å²) in [6.45, 7) is 10.9. The van der Waals surface area contributed by atoms with Gasteiger partial charge in [-0.05, 0) is 36.3 Å². The van der Waals surface area contributed by atoms with Gasteiger partial charge < -0.3 is 9.16 Å². The van der Waals surface area contributed by atoms with Crippen LogP contribution in [0, 0.1) is 0 Å². The van der Waals surface area contributed by atoms with E-state index in [1.165, 1.54) is 25.3 Å². The smallest absolute Gasteiger partial charge is 0.267 e. The van der Waals surface area contributed by atoms with E-state index >= 15 is 0 Å². The minimum absolute atomic E-state index is 0.0685. The van der Waals surface area contributed by atoms with Crippen LogP contribution >= 0.6 is 0 Å². The SMILES string of the molecule is COc1ccc(C(=O)CCO[Si](C)(C)C(C)(C)C)cc1C(F)F. The maximum Gasteiger partial charge on any atom is 0.267 e. The van der Waals surface area contributed by atoms with E-state index in [4.69, 9.17) is 9.16 Å². The van der Waals surface area contributed by atoms with Crippen LogP contribution < -0.4 is 4.74 Å². The Hall–Kier alpha value is -1.27. The summed E-state index contributed by atoms with van der Waals surface area (Å²) in [4.78, 5) is 12.2. The average Bonchev–Trinajstić information content (AvgIpc) is 2.44. The number of hydrogen-bond donors (Lipinski definition) is 0. The van der Waals surface area contributed by atoms with Gasteiger partial charge in [0.1, 0.15) is 5.75 Å². The number of Topliss-reactive ketones (excluding diaryl/α,β-unsaturated/α-hetero) is 1. The quantitative estimate of drug-likeness (QED) is 0.502. The topological polar surface area (TPSA) is 35.5 Å². The highest BCUT2D eigenvalue weighted by molar-refractivity contribution is 6.74. The molecule has 0 amide bonds. The molecule has 130 valence electrons. The van der Waals surface area contributed by atoms with E-state index in [1.807, 2.05) is 0 Å². The summed E-state index contributed by atoms with van der Waals surface area (Å²) in [7, 11) is -0.579. The van der Waals surface area contributed by atoms with Crippen molar-refractivity contribution in [1.82, 2.24) is 0 Å². The van der Waals surface area contributed by atoms with E-state index in [9.17, 15) is 13.6 Å². The lowest BCUT2D eigenvalue weighted by Gasteiger charge is -2.36. The Labute approximate surface area is 138 Å². The molecule has 23 heavy (non-hydrogen) atoms. The van der Waals surface area contributed by atoms with E-state index < -0.39 is 14.7 Å². The largest absolute Gasteiger partial charge is 0.496 e. The first-order valence-corrected chi connectivity index (χ1v) is 10.5. The first kappa shape index (κ1) is 19.8. The third-order valence-corrected chi connectivity index (χ3v) is 8.92. The zero-order valence-electron chi connectivity index (χ0n) is 14.7. The third kappa shape index (κ3) is 5.11. The van der Waals surface area contributed by atoms with Crippen LogP contribution in [0.25, 0.3) is 0 Å². The van der Waals surface area contributed by atoms with Gasteiger partial charge in [0.15, 0.2) is 14.1 Å². The Bertz CT molecular complexity index is 551. The Morgan fingerprint density at radius 1 is 1.26 bits per heavy atom. The maximum absolute atomic E-state index is 13.0. The lowest BCUT2D eigenvalue weighted by atomic mass is 10.0. The number of halogens is 2. The number of carbonyl (C=O) groups is 1. The summed E-state index contributed by atoms with van der Waals surface area (Å²) in [5, 5.41) is 0.0685. The number of ether oxygens (including phenoxy) is 1. The molecule has 1 aromatic rings. The number of hydrogen-bond acceptors (Lipinski definition) is 3. The fourth-order valence-electron chi connectivity index (χ4n) is 1.84. The molecule has 0 atom stereocenters. The summed E-state index contributed by atoms with van der Waals surface area (Å²) < 4.78 is 36.8. The van der Waals surface area contributed by atoms with Gasteiger partial charge in [0.05, 0.1) is 12.7 Å². The molecule has 0 heterocycles. The van der Waals surface area contributed by atoms with Crippen LogP contribution in [-0.2, 0) is 4.43 Å². The van der Waals surface area contributed by atoms with Crippen LogP contribution in [0.2, 0.25) is 18.1 Å². The van der Waals surface area contributed by atoms with Crippen molar-refractivity contribution in [3.05, 3.63) is 29.3 Å². The van der Waals surface area contributed by atoms with Gasteiger partial charge in [0.2, 0.25) is 0 Å². The van der Waals surface area contributed by atoms with Crippen molar-refractivity contribution in [2.75, 3.05) is 13.7 Å². The van der Waals surface area contributed by atoms with Crippen molar-refractivity contribution in [1.29, 1.82) is 0 Å². The number of carbonyl (C=O) groups excluding carboxylic acids is 1. The first-order valence-electron chi connectivity index (χ1n) is 7.63. The Morgan fingerprint density at radius 3 is 2.35 bits per heavy atom. The van der Waals surface area contributed by atoms with E-state index in [0.29, 0.717) is 6.61 Å². The molecule has 0 spiro atoms. The molecule has 0 N–H and O–H groups in total. The zero-order chi connectivity index (χ0) is 17.8. The van der Waals surface area contributed by atoms with Gasteiger partial charge in [-0.3, -0.25) is 4.79 Å². The minimum Gasteiger partial charge on any atom is -0.496 e. The van der Waals surface area contributed by atoms with Crippen LogP contribution in [0.15, 0.2) is 18.2 Å². The predicted molar refractivity (Wildman–Crippen MR) is 90.0 cm³/mol. The second kappa shape index (κ2) is 7.53. The highest BCUT2D eigenvalue weighted by Crippen LogP contribution is 2.36. The standard InChI is InChI=1S/C17H26F2O3Si/c1-17(2,3)23(5,6)22-10-9-14(20)12-7-8-15(21-4)13(11-12)16(18)19/h7-8,11,16H,9-10H2,1-6H3.